The molecule has 0 saturated carbocycles. The average Bonchev–Trinajstić information content (AvgIpc) is 2.65. The Hall–Kier alpha value is -1.82. The number of nitrogens with zero attached hydrogens (tertiary/aromatic N) is 2. The Morgan fingerprint density at radius 1 is 1.16 bits per heavy atom. The van der Waals surface area contributed by atoms with Gasteiger partial charge in [0.05, 0.1) is 17.9 Å². The van der Waals surface area contributed by atoms with Crippen LogP contribution in [0.4, 0.5) is 4.39 Å². The molecule has 1 aromatic carbocycles. The van der Waals surface area contributed by atoms with E-state index < -0.39 is 0 Å². The third-order valence-electron chi connectivity index (χ3n) is 5.19. The molecule has 134 valence electrons. The fourth-order valence-corrected chi connectivity index (χ4v) is 3.42. The normalized spacial score (nSPS) is 18.2. The Kier molecular flexibility index (Phi) is 5.78. The Bertz CT molecular complexity index is 654. The molecule has 1 N–H and O–H groups in total. The lowest BCUT2D eigenvalue weighted by Gasteiger charge is -2.43. The van der Waals surface area contributed by atoms with E-state index in [4.69, 9.17) is 4.74 Å². The standard InChI is InChI=1S/C20H26FN3O/c1-24(2)20(10-12-25-13-11-20)15-23-19(16-6-4-3-5-7-16)18-9-8-17(21)14-22-18/h3-9,14,19,23H,10-13,15H2,1-2H3/t19-/m1/s1. The van der Waals surface area contributed by atoms with Gasteiger partial charge in [-0.15, -0.1) is 0 Å². The molecule has 25 heavy (non-hydrogen) atoms. The van der Waals surface area contributed by atoms with Crippen LogP contribution in [-0.4, -0.2) is 49.3 Å². The minimum atomic E-state index is -0.315. The number of hydrogen-bond donors (Lipinski definition) is 1. The Labute approximate surface area is 149 Å². The Morgan fingerprint density at radius 2 is 1.88 bits per heavy atom. The van der Waals surface area contributed by atoms with Gasteiger partial charge in [0.15, 0.2) is 0 Å². The molecule has 2 heterocycles. The smallest absolute Gasteiger partial charge is 0.141 e. The number of aromatic nitrogens is 1. The summed E-state index contributed by atoms with van der Waals surface area (Å²) in [7, 11) is 4.25. The topological polar surface area (TPSA) is 37.4 Å². The number of nitrogens with one attached hydrogen (secondary N) is 1. The Balaban J connectivity index is 1.83. The second-order valence-corrected chi connectivity index (χ2v) is 6.86. The SMILES string of the molecule is CN(C)C1(CN[C@H](c2ccccc2)c2ccc(F)cn2)CCOCC1. The zero-order chi connectivity index (χ0) is 17.7. The predicted molar refractivity (Wildman–Crippen MR) is 97.0 cm³/mol. The van der Waals surface area contributed by atoms with E-state index in [2.05, 4.69) is 41.4 Å². The number of hydrogen-bond acceptors (Lipinski definition) is 4. The minimum absolute atomic E-state index is 0.0608. The van der Waals surface area contributed by atoms with Gasteiger partial charge in [-0.1, -0.05) is 30.3 Å². The number of halogens is 1. The number of ether oxygens (including phenoxy) is 1. The van der Waals surface area contributed by atoms with Crippen LogP contribution in [0.1, 0.15) is 30.1 Å². The van der Waals surface area contributed by atoms with E-state index in [0.29, 0.717) is 0 Å². The third kappa shape index (κ3) is 4.24. The summed E-state index contributed by atoms with van der Waals surface area (Å²) in [4.78, 5) is 6.60. The number of likely N-dealkylation sites (N-methyl/N-ethyl adjacent to an activating group) is 1. The lowest BCUT2D eigenvalue weighted by molar-refractivity contribution is -0.00784. The quantitative estimate of drug-likeness (QED) is 0.875. The monoisotopic (exact) mass is 343 g/mol. The van der Waals surface area contributed by atoms with Crippen molar-refractivity contribution in [2.45, 2.75) is 24.4 Å². The molecule has 0 aliphatic carbocycles. The first-order valence-corrected chi connectivity index (χ1v) is 8.76. The van der Waals surface area contributed by atoms with Gasteiger partial charge in [0, 0.05) is 25.3 Å². The van der Waals surface area contributed by atoms with Crippen LogP contribution in [0.2, 0.25) is 0 Å². The van der Waals surface area contributed by atoms with Crippen LogP contribution in [0.5, 0.6) is 0 Å². The fourth-order valence-electron chi connectivity index (χ4n) is 3.42. The highest BCUT2D eigenvalue weighted by molar-refractivity contribution is 5.27. The second-order valence-electron chi connectivity index (χ2n) is 6.86. The summed E-state index contributed by atoms with van der Waals surface area (Å²) < 4.78 is 18.8. The highest BCUT2D eigenvalue weighted by Crippen LogP contribution is 2.28. The number of benzene rings is 1. The van der Waals surface area contributed by atoms with Gasteiger partial charge in [0.25, 0.3) is 0 Å². The van der Waals surface area contributed by atoms with Gasteiger partial charge in [0.1, 0.15) is 5.82 Å². The third-order valence-corrected chi connectivity index (χ3v) is 5.19. The van der Waals surface area contributed by atoms with Crippen molar-refractivity contribution in [3.63, 3.8) is 0 Å². The molecule has 1 fully saturated rings. The lowest BCUT2D eigenvalue weighted by Crippen LogP contribution is -2.55. The molecule has 1 aromatic heterocycles. The van der Waals surface area contributed by atoms with Crippen LogP contribution < -0.4 is 5.32 Å². The molecule has 0 radical (unpaired) electrons. The van der Waals surface area contributed by atoms with E-state index >= 15 is 0 Å². The van der Waals surface area contributed by atoms with Gasteiger partial charge in [-0.2, -0.15) is 0 Å². The van der Waals surface area contributed by atoms with E-state index in [9.17, 15) is 4.39 Å². The van der Waals surface area contributed by atoms with Crippen molar-refractivity contribution in [2.75, 3.05) is 33.9 Å². The molecule has 0 unspecified atom stereocenters. The van der Waals surface area contributed by atoms with Gasteiger partial charge >= 0.3 is 0 Å². The number of rotatable bonds is 6. The van der Waals surface area contributed by atoms with Crippen LogP contribution in [0.15, 0.2) is 48.7 Å². The van der Waals surface area contributed by atoms with Gasteiger partial charge in [-0.05, 0) is 44.6 Å². The van der Waals surface area contributed by atoms with Crippen LogP contribution in [0.3, 0.4) is 0 Å². The van der Waals surface area contributed by atoms with Crippen molar-refractivity contribution in [3.8, 4) is 0 Å². The lowest BCUT2D eigenvalue weighted by atomic mass is 9.88. The molecule has 5 heteroatoms. The maximum atomic E-state index is 13.3. The van der Waals surface area contributed by atoms with Gasteiger partial charge in [0.2, 0.25) is 0 Å². The minimum Gasteiger partial charge on any atom is -0.381 e. The van der Waals surface area contributed by atoms with E-state index in [-0.39, 0.29) is 17.4 Å². The van der Waals surface area contributed by atoms with Crippen molar-refractivity contribution >= 4 is 0 Å². The molecule has 4 nitrogen and oxygen atoms in total. The zero-order valence-corrected chi connectivity index (χ0v) is 14.9. The molecular weight excluding hydrogens is 317 g/mol. The largest absolute Gasteiger partial charge is 0.381 e. The molecule has 1 aliphatic rings. The van der Waals surface area contributed by atoms with Crippen LogP contribution in [-0.2, 0) is 4.74 Å². The average molecular weight is 343 g/mol. The van der Waals surface area contributed by atoms with Crippen LogP contribution in [0.25, 0.3) is 0 Å². The summed E-state index contributed by atoms with van der Waals surface area (Å²) >= 11 is 0. The highest BCUT2D eigenvalue weighted by atomic mass is 19.1. The molecule has 0 amide bonds. The summed E-state index contributed by atoms with van der Waals surface area (Å²) in [6.07, 6.45) is 3.26. The summed E-state index contributed by atoms with van der Waals surface area (Å²) in [5.41, 5.74) is 2.02. The maximum absolute atomic E-state index is 13.3. The van der Waals surface area contributed by atoms with Crippen LogP contribution in [0, 0.1) is 5.82 Å². The second kappa shape index (κ2) is 8.04. The zero-order valence-electron chi connectivity index (χ0n) is 14.9. The molecule has 2 aromatic rings. The molecule has 3 rings (SSSR count). The predicted octanol–water partition coefficient (Wildman–Crippen LogP) is 3.01. The fraction of sp³-hybridized carbons (Fsp3) is 0.450. The van der Waals surface area contributed by atoms with Crippen LogP contribution >= 0.6 is 0 Å². The van der Waals surface area contributed by atoms with Crippen molar-refractivity contribution in [1.82, 2.24) is 15.2 Å². The first-order valence-electron chi connectivity index (χ1n) is 8.76. The summed E-state index contributed by atoms with van der Waals surface area (Å²) in [6.45, 7) is 2.39. The van der Waals surface area contributed by atoms with E-state index in [1.165, 1.54) is 12.3 Å². The summed E-state index contributed by atoms with van der Waals surface area (Å²) in [5, 5.41) is 3.68. The van der Waals surface area contributed by atoms with Gasteiger partial charge in [-0.25, -0.2) is 4.39 Å². The summed E-state index contributed by atoms with van der Waals surface area (Å²) in [6, 6.07) is 13.3. The molecule has 0 spiro atoms. The molecule has 0 bridgehead atoms. The first-order chi connectivity index (χ1) is 12.1. The van der Waals surface area contributed by atoms with Gasteiger partial charge < -0.3 is 15.0 Å². The highest BCUT2D eigenvalue weighted by Gasteiger charge is 2.35. The molecular formula is C20H26FN3O. The molecule has 1 aliphatic heterocycles. The Morgan fingerprint density at radius 3 is 2.48 bits per heavy atom. The van der Waals surface area contributed by atoms with Crippen molar-refractivity contribution < 1.29 is 9.13 Å². The van der Waals surface area contributed by atoms with E-state index in [1.807, 2.05) is 18.2 Å². The van der Waals surface area contributed by atoms with Gasteiger partial charge in [-0.3, -0.25) is 4.98 Å². The first kappa shape index (κ1) is 18.0. The number of pyridine rings is 1. The van der Waals surface area contributed by atoms with Crippen molar-refractivity contribution in [3.05, 3.63) is 65.7 Å². The van der Waals surface area contributed by atoms with E-state index in [0.717, 1.165) is 43.9 Å². The molecule has 1 atom stereocenters. The van der Waals surface area contributed by atoms with E-state index in [1.54, 1.807) is 6.07 Å². The van der Waals surface area contributed by atoms with Crippen molar-refractivity contribution in [1.29, 1.82) is 0 Å². The maximum Gasteiger partial charge on any atom is 0.141 e. The van der Waals surface area contributed by atoms with Crippen molar-refractivity contribution in [2.24, 2.45) is 0 Å². The molecule has 1 saturated heterocycles. The summed E-state index contributed by atoms with van der Waals surface area (Å²) in [5.74, 6) is -0.315.